The molecule has 1 N–H and O–H groups in total. The van der Waals surface area contributed by atoms with Crippen LogP contribution < -0.4 is 0 Å². The maximum absolute atomic E-state index is 11.5. The molecule has 0 heterocycles. The molecule has 21 heavy (non-hydrogen) atoms. The number of hydrogen-bond acceptors (Lipinski definition) is 3. The lowest BCUT2D eigenvalue weighted by Gasteiger charge is -2.23. The number of halogens is 1. The number of nitroso groups, excluding NO2 is 1. The van der Waals surface area contributed by atoms with Crippen LogP contribution in [0.15, 0.2) is 59.9 Å². The van der Waals surface area contributed by atoms with Gasteiger partial charge >= 0.3 is 5.97 Å². The summed E-state index contributed by atoms with van der Waals surface area (Å²) in [7, 11) is 0. The minimum absolute atomic E-state index is 0.0898. The first-order chi connectivity index (χ1) is 10.1. The monoisotopic (exact) mass is 304 g/mol. The fourth-order valence-electron chi connectivity index (χ4n) is 2.02. The van der Waals surface area contributed by atoms with Crippen LogP contribution in [0.3, 0.4) is 0 Å². The van der Waals surface area contributed by atoms with Crippen molar-refractivity contribution in [2.75, 3.05) is 0 Å². The van der Waals surface area contributed by atoms with Crippen molar-refractivity contribution in [3.8, 4) is 0 Å². The molecule has 0 bridgehead atoms. The standard InChI is InChI=1S/C15H13ClN2O3/c16-13-8-6-11(7-9-13)10-18(17-21)14(15(19)20)12-4-2-1-3-5-12/h1-9,14H,10H2,(H,19,20). The largest absolute Gasteiger partial charge is 0.479 e. The van der Waals surface area contributed by atoms with Gasteiger partial charge < -0.3 is 5.11 Å². The van der Waals surface area contributed by atoms with Crippen molar-refractivity contribution in [1.82, 2.24) is 5.01 Å². The Balaban J connectivity index is 2.26. The molecule has 0 aliphatic heterocycles. The van der Waals surface area contributed by atoms with E-state index in [1.807, 2.05) is 0 Å². The molecular weight excluding hydrogens is 292 g/mol. The van der Waals surface area contributed by atoms with Gasteiger partial charge in [-0.25, -0.2) is 9.80 Å². The number of carbonyl (C=O) groups is 1. The number of carboxylic acid groups (broad SMARTS) is 1. The smallest absolute Gasteiger partial charge is 0.332 e. The van der Waals surface area contributed by atoms with Crippen molar-refractivity contribution < 1.29 is 9.90 Å². The first-order valence-corrected chi connectivity index (χ1v) is 6.61. The van der Waals surface area contributed by atoms with Crippen molar-refractivity contribution in [1.29, 1.82) is 0 Å². The van der Waals surface area contributed by atoms with Gasteiger partial charge in [-0.2, -0.15) is 0 Å². The van der Waals surface area contributed by atoms with E-state index >= 15 is 0 Å². The minimum Gasteiger partial charge on any atom is -0.479 e. The zero-order valence-corrected chi connectivity index (χ0v) is 11.8. The SMILES string of the molecule is O=NN(Cc1ccc(Cl)cc1)C(C(=O)O)c1ccccc1. The van der Waals surface area contributed by atoms with E-state index in [9.17, 15) is 14.8 Å². The Labute approximate surface area is 126 Å². The number of nitrogens with zero attached hydrogens (tertiary/aromatic N) is 2. The third kappa shape index (κ3) is 3.79. The average Bonchev–Trinajstić information content (AvgIpc) is 2.49. The van der Waals surface area contributed by atoms with Gasteiger partial charge in [0.25, 0.3) is 0 Å². The lowest BCUT2D eigenvalue weighted by Crippen LogP contribution is -2.29. The Morgan fingerprint density at radius 1 is 1.14 bits per heavy atom. The van der Waals surface area contributed by atoms with Crippen LogP contribution in [0.1, 0.15) is 17.2 Å². The Bertz CT molecular complexity index is 617. The molecule has 5 nitrogen and oxygen atoms in total. The Morgan fingerprint density at radius 2 is 1.76 bits per heavy atom. The fraction of sp³-hybridized carbons (Fsp3) is 0.133. The molecule has 0 fully saturated rings. The topological polar surface area (TPSA) is 70.0 Å². The molecule has 0 spiro atoms. The summed E-state index contributed by atoms with van der Waals surface area (Å²) in [6, 6.07) is 14.2. The maximum atomic E-state index is 11.5. The Morgan fingerprint density at radius 3 is 2.29 bits per heavy atom. The van der Waals surface area contributed by atoms with E-state index < -0.39 is 12.0 Å². The lowest BCUT2D eigenvalue weighted by molar-refractivity contribution is -0.144. The van der Waals surface area contributed by atoms with E-state index in [-0.39, 0.29) is 6.54 Å². The van der Waals surface area contributed by atoms with Crippen LogP contribution in [0.2, 0.25) is 5.02 Å². The highest BCUT2D eigenvalue weighted by atomic mass is 35.5. The summed E-state index contributed by atoms with van der Waals surface area (Å²) < 4.78 is 0. The molecule has 108 valence electrons. The zero-order valence-electron chi connectivity index (χ0n) is 11.0. The molecule has 0 amide bonds. The van der Waals surface area contributed by atoms with Crippen LogP contribution in [0, 0.1) is 4.91 Å². The van der Waals surface area contributed by atoms with Gasteiger partial charge in [0.15, 0.2) is 6.04 Å². The summed E-state index contributed by atoms with van der Waals surface area (Å²) in [6.07, 6.45) is 0. The van der Waals surface area contributed by atoms with Crippen LogP contribution in [0.4, 0.5) is 0 Å². The molecule has 0 saturated heterocycles. The second kappa shape index (κ2) is 6.85. The lowest BCUT2D eigenvalue weighted by atomic mass is 10.1. The van der Waals surface area contributed by atoms with E-state index in [0.29, 0.717) is 10.6 Å². The molecule has 0 radical (unpaired) electrons. The first-order valence-electron chi connectivity index (χ1n) is 6.24. The van der Waals surface area contributed by atoms with Crippen molar-refractivity contribution in [3.05, 3.63) is 75.7 Å². The number of benzene rings is 2. The van der Waals surface area contributed by atoms with Crippen LogP contribution >= 0.6 is 11.6 Å². The molecule has 0 aromatic heterocycles. The summed E-state index contributed by atoms with van der Waals surface area (Å²) >= 11 is 5.80. The van der Waals surface area contributed by atoms with E-state index in [2.05, 4.69) is 5.29 Å². The quantitative estimate of drug-likeness (QED) is 0.653. The van der Waals surface area contributed by atoms with Gasteiger partial charge in [0.2, 0.25) is 0 Å². The summed E-state index contributed by atoms with van der Waals surface area (Å²) in [5.74, 6) is -1.13. The van der Waals surface area contributed by atoms with E-state index in [1.54, 1.807) is 54.6 Å². The highest BCUT2D eigenvalue weighted by Gasteiger charge is 2.27. The maximum Gasteiger partial charge on any atom is 0.332 e. The van der Waals surface area contributed by atoms with E-state index in [0.717, 1.165) is 10.6 Å². The fourth-order valence-corrected chi connectivity index (χ4v) is 2.15. The molecule has 2 aromatic rings. The summed E-state index contributed by atoms with van der Waals surface area (Å²) in [5.41, 5.74) is 1.25. The normalized spacial score (nSPS) is 11.7. The molecule has 0 saturated carbocycles. The number of rotatable bonds is 6. The minimum atomic E-state index is -1.13. The molecule has 6 heteroatoms. The molecule has 1 atom stereocenters. The Hall–Kier alpha value is -2.40. The Kier molecular flexibility index (Phi) is 4.90. The van der Waals surface area contributed by atoms with Gasteiger partial charge in [-0.1, -0.05) is 54.1 Å². The number of hydrogen-bond donors (Lipinski definition) is 1. The van der Waals surface area contributed by atoms with Gasteiger partial charge in [-0.15, -0.1) is 4.91 Å². The van der Waals surface area contributed by atoms with Crippen molar-refractivity contribution in [2.24, 2.45) is 5.29 Å². The molecule has 0 aliphatic rings. The molecule has 0 aliphatic carbocycles. The van der Waals surface area contributed by atoms with Crippen molar-refractivity contribution in [3.63, 3.8) is 0 Å². The molecule has 1 unspecified atom stereocenters. The molecule has 2 aromatic carbocycles. The zero-order chi connectivity index (χ0) is 15.2. The van der Waals surface area contributed by atoms with Gasteiger partial charge in [0.1, 0.15) is 0 Å². The summed E-state index contributed by atoms with van der Waals surface area (Å²) in [5, 5.41) is 13.8. The van der Waals surface area contributed by atoms with Gasteiger partial charge in [0.05, 0.1) is 11.8 Å². The van der Waals surface area contributed by atoms with Crippen LogP contribution in [-0.4, -0.2) is 16.1 Å². The molecular formula is C15H13ClN2O3. The molecule has 2 rings (SSSR count). The number of aliphatic carboxylic acids is 1. The van der Waals surface area contributed by atoms with Crippen molar-refractivity contribution in [2.45, 2.75) is 12.6 Å². The second-order valence-electron chi connectivity index (χ2n) is 4.46. The average molecular weight is 305 g/mol. The van der Waals surface area contributed by atoms with E-state index in [4.69, 9.17) is 11.6 Å². The highest BCUT2D eigenvalue weighted by molar-refractivity contribution is 6.30. The third-order valence-electron chi connectivity index (χ3n) is 3.01. The summed E-state index contributed by atoms with van der Waals surface area (Å²) in [4.78, 5) is 22.6. The van der Waals surface area contributed by atoms with Gasteiger partial charge in [0, 0.05) is 5.02 Å². The van der Waals surface area contributed by atoms with Crippen LogP contribution in [0.5, 0.6) is 0 Å². The summed E-state index contributed by atoms with van der Waals surface area (Å²) in [6.45, 7) is 0.0898. The third-order valence-corrected chi connectivity index (χ3v) is 3.26. The van der Waals surface area contributed by atoms with Crippen LogP contribution in [-0.2, 0) is 11.3 Å². The first kappa shape index (κ1) is 15.0. The predicted octanol–water partition coefficient (Wildman–Crippen LogP) is 3.65. The van der Waals surface area contributed by atoms with Gasteiger partial charge in [-0.05, 0) is 23.3 Å². The van der Waals surface area contributed by atoms with Gasteiger partial charge in [-0.3, -0.25) is 0 Å². The predicted molar refractivity (Wildman–Crippen MR) is 79.6 cm³/mol. The second-order valence-corrected chi connectivity index (χ2v) is 4.89. The van der Waals surface area contributed by atoms with Crippen molar-refractivity contribution >= 4 is 17.6 Å². The highest BCUT2D eigenvalue weighted by Crippen LogP contribution is 2.24. The van der Waals surface area contributed by atoms with E-state index in [1.165, 1.54) is 0 Å². The number of carboxylic acids is 1. The van der Waals surface area contributed by atoms with Crippen LogP contribution in [0.25, 0.3) is 0 Å².